The summed E-state index contributed by atoms with van der Waals surface area (Å²) < 4.78 is 7.01. The largest absolute Gasteiger partial charge is 0.483 e. The zero-order chi connectivity index (χ0) is 33.7. The Balaban J connectivity index is 1.45. The van der Waals surface area contributed by atoms with Crippen LogP contribution in [0.3, 0.4) is 0 Å². The molecule has 1 N–H and O–H groups in total. The van der Waals surface area contributed by atoms with Crippen LogP contribution < -0.4 is 10.1 Å². The molecule has 0 bridgehead atoms. The van der Waals surface area contributed by atoms with Crippen LogP contribution in [0, 0.1) is 17.8 Å². The van der Waals surface area contributed by atoms with E-state index in [2.05, 4.69) is 66.0 Å². The van der Waals surface area contributed by atoms with E-state index in [1.54, 1.807) is 18.2 Å². The van der Waals surface area contributed by atoms with Gasteiger partial charge in [0.25, 0.3) is 5.91 Å². The maximum absolute atomic E-state index is 14.3. The quantitative estimate of drug-likeness (QED) is 0.264. The third-order valence-electron chi connectivity index (χ3n) is 9.30. The number of nitrogens with one attached hydrogen (secondary N) is 1. The second-order valence-electron chi connectivity index (χ2n) is 14.6. The predicted molar refractivity (Wildman–Crippen MR) is 189 cm³/mol. The minimum absolute atomic E-state index is 0.0448. The standard InChI is InChI=1S/C39H40BrClN2O4/c1-23-11-13-26(16-28(23)41)42-34(46)22-47-33-14-12-25(40)15-27(33)35-36-29(17-38(2,3)19-31(36)44)43(21-24-9-7-6-8-10-24)30-18-39(4,5)20-32(45)37(30)35/h6-16,35H,17-22H2,1-5H3,(H,42,46). The smallest absolute Gasteiger partial charge is 0.262 e. The van der Waals surface area contributed by atoms with Crippen LogP contribution in [-0.4, -0.2) is 29.0 Å². The van der Waals surface area contributed by atoms with Crippen LogP contribution >= 0.6 is 27.5 Å². The van der Waals surface area contributed by atoms with Gasteiger partial charge in [-0.25, -0.2) is 0 Å². The number of carbonyl (C=O) groups excluding carboxylic acids is 3. The Morgan fingerprint density at radius 2 is 1.51 bits per heavy atom. The molecule has 8 heteroatoms. The topological polar surface area (TPSA) is 75.7 Å². The molecule has 0 saturated heterocycles. The van der Waals surface area contributed by atoms with Gasteiger partial charge in [-0.2, -0.15) is 0 Å². The number of rotatable bonds is 7. The minimum atomic E-state index is -0.606. The van der Waals surface area contributed by atoms with Crippen LogP contribution in [0.1, 0.15) is 76.0 Å². The third kappa shape index (κ3) is 6.97. The molecule has 3 aromatic carbocycles. The van der Waals surface area contributed by atoms with Gasteiger partial charge in [0.1, 0.15) is 5.75 Å². The Morgan fingerprint density at radius 1 is 0.894 bits per heavy atom. The van der Waals surface area contributed by atoms with Gasteiger partial charge in [-0.05, 0) is 72.1 Å². The molecule has 2 aliphatic carbocycles. The van der Waals surface area contributed by atoms with Gasteiger partial charge in [0.15, 0.2) is 18.2 Å². The van der Waals surface area contributed by atoms with Gasteiger partial charge in [0.2, 0.25) is 0 Å². The Morgan fingerprint density at radius 3 is 2.11 bits per heavy atom. The number of hydrogen-bond donors (Lipinski definition) is 1. The summed E-state index contributed by atoms with van der Waals surface area (Å²) in [7, 11) is 0. The van der Waals surface area contributed by atoms with Gasteiger partial charge < -0.3 is 15.0 Å². The summed E-state index contributed by atoms with van der Waals surface area (Å²) >= 11 is 9.90. The molecule has 3 aromatic rings. The van der Waals surface area contributed by atoms with Crippen molar-refractivity contribution in [2.24, 2.45) is 10.8 Å². The number of halogens is 2. The van der Waals surface area contributed by atoms with E-state index in [4.69, 9.17) is 16.3 Å². The first-order chi connectivity index (χ1) is 22.2. The molecule has 1 heterocycles. The van der Waals surface area contributed by atoms with Crippen molar-refractivity contribution in [3.63, 3.8) is 0 Å². The maximum atomic E-state index is 14.3. The highest BCUT2D eigenvalue weighted by Gasteiger charge is 2.49. The van der Waals surface area contributed by atoms with Gasteiger partial charge in [-0.1, -0.05) is 91.6 Å². The number of aryl methyl sites for hydroxylation is 1. The van der Waals surface area contributed by atoms with Crippen molar-refractivity contribution in [3.05, 3.63) is 115 Å². The lowest BCUT2D eigenvalue weighted by atomic mass is 9.63. The highest BCUT2D eigenvalue weighted by atomic mass is 79.9. The molecule has 0 radical (unpaired) electrons. The molecule has 0 fully saturated rings. The number of benzene rings is 3. The summed E-state index contributed by atoms with van der Waals surface area (Å²) in [5.41, 5.74) is 6.10. The number of Topliss-reactive ketones (excluding diaryl/α,β-unsaturated/α-hetero) is 2. The van der Waals surface area contributed by atoms with E-state index in [0.717, 1.165) is 27.0 Å². The first-order valence-corrected chi connectivity index (χ1v) is 17.2. The highest BCUT2D eigenvalue weighted by molar-refractivity contribution is 9.10. The van der Waals surface area contributed by atoms with E-state index in [-0.39, 0.29) is 34.9 Å². The van der Waals surface area contributed by atoms with Crippen molar-refractivity contribution in [2.45, 2.75) is 72.8 Å². The fourth-order valence-corrected chi connectivity index (χ4v) is 7.76. The molecule has 0 atom stereocenters. The van der Waals surface area contributed by atoms with Gasteiger partial charge in [-0.3, -0.25) is 14.4 Å². The van der Waals surface area contributed by atoms with E-state index in [1.807, 2.05) is 43.3 Å². The average Bonchev–Trinajstić information content (AvgIpc) is 2.98. The molecule has 47 heavy (non-hydrogen) atoms. The molecule has 0 spiro atoms. The number of allylic oxidation sites excluding steroid dienone is 4. The molecule has 3 aliphatic rings. The van der Waals surface area contributed by atoms with Crippen molar-refractivity contribution < 1.29 is 19.1 Å². The van der Waals surface area contributed by atoms with Crippen LogP contribution in [0.2, 0.25) is 5.02 Å². The normalized spacial score (nSPS) is 19.0. The summed E-state index contributed by atoms with van der Waals surface area (Å²) in [4.78, 5) is 43.9. The molecule has 0 unspecified atom stereocenters. The summed E-state index contributed by atoms with van der Waals surface area (Å²) in [6, 6.07) is 21.2. The van der Waals surface area contributed by atoms with Crippen molar-refractivity contribution in [3.8, 4) is 5.75 Å². The first kappa shape index (κ1) is 33.2. The number of amides is 1. The van der Waals surface area contributed by atoms with Crippen LogP contribution in [0.4, 0.5) is 5.69 Å². The second kappa shape index (κ2) is 12.7. The molecule has 1 amide bonds. The van der Waals surface area contributed by atoms with E-state index < -0.39 is 5.92 Å². The molecule has 244 valence electrons. The number of hydrogen-bond acceptors (Lipinski definition) is 5. The summed E-state index contributed by atoms with van der Waals surface area (Å²) in [5, 5.41) is 3.41. The number of nitrogens with zero attached hydrogens (tertiary/aromatic N) is 1. The average molecular weight is 716 g/mol. The van der Waals surface area contributed by atoms with Crippen LogP contribution in [-0.2, 0) is 20.9 Å². The lowest BCUT2D eigenvalue weighted by Gasteiger charge is -2.49. The highest BCUT2D eigenvalue weighted by Crippen LogP contribution is 2.56. The molecular formula is C39H40BrClN2O4. The fraction of sp³-hybridized carbons (Fsp3) is 0.359. The second-order valence-corrected chi connectivity index (χ2v) is 15.9. The van der Waals surface area contributed by atoms with E-state index in [0.29, 0.717) is 65.4 Å². The molecule has 0 saturated carbocycles. The van der Waals surface area contributed by atoms with E-state index in [9.17, 15) is 14.4 Å². The Kier molecular flexibility index (Phi) is 9.00. The number of anilines is 1. The maximum Gasteiger partial charge on any atom is 0.262 e. The fourth-order valence-electron chi connectivity index (χ4n) is 7.20. The molecular weight excluding hydrogens is 676 g/mol. The SMILES string of the molecule is Cc1ccc(NC(=O)COc2ccc(Br)cc2C2C3=C(CC(C)(C)CC3=O)N(Cc3ccccc3)C3=C2C(=O)CC(C)(C)C3)cc1Cl. The summed E-state index contributed by atoms with van der Waals surface area (Å²) in [5.74, 6) is -0.402. The van der Waals surface area contributed by atoms with Crippen molar-refractivity contribution in [1.29, 1.82) is 0 Å². The zero-order valence-corrected chi connectivity index (χ0v) is 29.8. The minimum Gasteiger partial charge on any atom is -0.483 e. The van der Waals surface area contributed by atoms with Gasteiger partial charge >= 0.3 is 0 Å². The Bertz CT molecular complexity index is 1790. The number of carbonyl (C=O) groups is 3. The van der Waals surface area contributed by atoms with Crippen LogP contribution in [0.25, 0.3) is 0 Å². The van der Waals surface area contributed by atoms with E-state index in [1.165, 1.54) is 0 Å². The summed E-state index contributed by atoms with van der Waals surface area (Å²) in [6.45, 7) is 10.8. The van der Waals surface area contributed by atoms with Gasteiger partial charge in [0.05, 0.1) is 0 Å². The Hall–Kier alpha value is -3.68. The molecule has 0 aromatic heterocycles. The first-order valence-electron chi connectivity index (χ1n) is 16.0. The van der Waals surface area contributed by atoms with Crippen molar-refractivity contribution in [2.75, 3.05) is 11.9 Å². The van der Waals surface area contributed by atoms with Gasteiger partial charge in [-0.15, -0.1) is 0 Å². The summed E-state index contributed by atoms with van der Waals surface area (Å²) in [6.07, 6.45) is 2.17. The third-order valence-corrected chi connectivity index (χ3v) is 10.2. The lowest BCUT2D eigenvalue weighted by Crippen LogP contribution is -2.44. The zero-order valence-electron chi connectivity index (χ0n) is 27.5. The van der Waals surface area contributed by atoms with E-state index >= 15 is 0 Å². The number of ketones is 2. The van der Waals surface area contributed by atoms with Crippen molar-refractivity contribution in [1.82, 2.24) is 4.90 Å². The van der Waals surface area contributed by atoms with Crippen LogP contribution in [0.15, 0.2) is 93.7 Å². The lowest BCUT2D eigenvalue weighted by molar-refractivity contribution is -0.120. The molecule has 1 aliphatic heterocycles. The van der Waals surface area contributed by atoms with Crippen LogP contribution in [0.5, 0.6) is 5.75 Å². The van der Waals surface area contributed by atoms with Gasteiger partial charge in [0, 0.05) is 68.6 Å². The number of ether oxygens (including phenoxy) is 1. The molecule has 6 rings (SSSR count). The predicted octanol–water partition coefficient (Wildman–Crippen LogP) is 9.31. The van der Waals surface area contributed by atoms with Crippen molar-refractivity contribution >= 4 is 50.7 Å². The monoisotopic (exact) mass is 714 g/mol. The Labute approximate surface area is 290 Å². The molecule has 6 nitrogen and oxygen atoms in total.